The van der Waals surface area contributed by atoms with Gasteiger partial charge >= 0.3 is 0 Å². The van der Waals surface area contributed by atoms with Crippen LogP contribution in [0.3, 0.4) is 0 Å². The molecule has 16 heavy (non-hydrogen) atoms. The molecule has 0 aromatic heterocycles. The van der Waals surface area contributed by atoms with Gasteiger partial charge in [-0.15, -0.1) is 23.2 Å². The van der Waals surface area contributed by atoms with Gasteiger partial charge < -0.3 is 5.32 Å². The Morgan fingerprint density at radius 2 is 2.00 bits per heavy atom. The third-order valence-corrected chi connectivity index (χ3v) is 4.51. The Morgan fingerprint density at radius 1 is 1.31 bits per heavy atom. The van der Waals surface area contributed by atoms with Crippen molar-refractivity contribution < 1.29 is 0 Å². The Kier molecular flexibility index (Phi) is 3.78. The molecule has 1 aliphatic rings. The number of hydrogen-bond donors (Lipinski definition) is 1. The molecule has 1 aromatic rings. The molecule has 1 aliphatic carbocycles. The molecule has 88 valence electrons. The lowest BCUT2D eigenvalue weighted by Crippen LogP contribution is -2.48. The molecule has 0 radical (unpaired) electrons. The zero-order chi connectivity index (χ0) is 11.6. The lowest BCUT2D eigenvalue weighted by Gasteiger charge is -2.34. The third kappa shape index (κ3) is 2.37. The van der Waals surface area contributed by atoms with Gasteiger partial charge in [-0.3, -0.25) is 0 Å². The van der Waals surface area contributed by atoms with Crippen LogP contribution in [0, 0.1) is 0 Å². The van der Waals surface area contributed by atoms with Gasteiger partial charge in [-0.2, -0.15) is 0 Å². The van der Waals surface area contributed by atoms with Crippen LogP contribution < -0.4 is 5.32 Å². The Bertz CT molecular complexity index is 361. The fourth-order valence-corrected chi connectivity index (χ4v) is 2.52. The molecule has 0 bridgehead atoms. The van der Waals surface area contributed by atoms with Gasteiger partial charge in [0.25, 0.3) is 0 Å². The first kappa shape index (κ1) is 12.2. The zero-order valence-corrected chi connectivity index (χ0v) is 11.0. The summed E-state index contributed by atoms with van der Waals surface area (Å²) in [5, 5.41) is 3.47. The largest absolute Gasteiger partial charge is 0.309 e. The highest BCUT2D eigenvalue weighted by molar-refractivity contribution is 6.22. The molecule has 1 atom stereocenters. The molecule has 1 unspecified atom stereocenters. The van der Waals surface area contributed by atoms with Crippen molar-refractivity contribution in [2.24, 2.45) is 0 Å². The minimum atomic E-state index is -0.145. The van der Waals surface area contributed by atoms with Crippen molar-refractivity contribution in [3.05, 3.63) is 35.4 Å². The van der Waals surface area contributed by atoms with E-state index in [1.807, 2.05) is 0 Å². The molecule has 1 N–H and O–H groups in total. The van der Waals surface area contributed by atoms with E-state index < -0.39 is 0 Å². The maximum atomic E-state index is 5.91. The normalized spacial score (nSPS) is 19.1. The van der Waals surface area contributed by atoms with Crippen LogP contribution in [0.2, 0.25) is 0 Å². The summed E-state index contributed by atoms with van der Waals surface area (Å²) < 4.78 is 0. The van der Waals surface area contributed by atoms with Crippen molar-refractivity contribution in [2.45, 2.75) is 24.8 Å². The number of nitrogens with one attached hydrogen (secondary N) is 1. The summed E-state index contributed by atoms with van der Waals surface area (Å²) in [6.07, 6.45) is 1.17. The van der Waals surface area contributed by atoms with Crippen molar-refractivity contribution in [3.63, 3.8) is 0 Å². The van der Waals surface area contributed by atoms with E-state index in [1.165, 1.54) is 17.5 Å². The van der Waals surface area contributed by atoms with Gasteiger partial charge in [0.2, 0.25) is 0 Å². The molecular weight excluding hydrogens is 241 g/mol. The van der Waals surface area contributed by atoms with E-state index in [0.717, 1.165) is 6.54 Å². The van der Waals surface area contributed by atoms with Crippen LogP contribution in [-0.2, 0) is 6.42 Å². The fourth-order valence-electron chi connectivity index (χ4n) is 2.04. The van der Waals surface area contributed by atoms with Crippen molar-refractivity contribution in [1.29, 1.82) is 0 Å². The Balaban J connectivity index is 1.90. The number of benzene rings is 1. The topological polar surface area (TPSA) is 12.0 Å². The van der Waals surface area contributed by atoms with Crippen LogP contribution in [0.25, 0.3) is 0 Å². The highest BCUT2D eigenvalue weighted by Gasteiger charge is 2.28. The summed E-state index contributed by atoms with van der Waals surface area (Å²) in [4.78, 5) is 0. The quantitative estimate of drug-likeness (QED) is 0.800. The molecule has 2 rings (SSSR count). The van der Waals surface area contributed by atoms with Gasteiger partial charge in [0.15, 0.2) is 0 Å². The lowest BCUT2D eigenvalue weighted by atomic mass is 9.77. The maximum absolute atomic E-state index is 5.91. The van der Waals surface area contributed by atoms with E-state index in [-0.39, 0.29) is 5.54 Å². The minimum Gasteiger partial charge on any atom is -0.309 e. The van der Waals surface area contributed by atoms with E-state index in [0.29, 0.717) is 17.7 Å². The molecular formula is C13H17Cl2N. The summed E-state index contributed by atoms with van der Waals surface area (Å²) >= 11 is 11.8. The van der Waals surface area contributed by atoms with Gasteiger partial charge in [0.1, 0.15) is 0 Å². The molecule has 0 heterocycles. The van der Waals surface area contributed by atoms with Gasteiger partial charge in [-0.1, -0.05) is 24.3 Å². The van der Waals surface area contributed by atoms with Crippen molar-refractivity contribution in [1.82, 2.24) is 5.32 Å². The predicted octanol–water partition coefficient (Wildman–Crippen LogP) is 3.15. The SMILES string of the molecule is CC(CCl)(CCl)NCC1Cc2ccccc21. The molecule has 1 nitrogen and oxygen atoms in total. The Labute approximate surface area is 107 Å². The summed E-state index contributed by atoms with van der Waals surface area (Å²) in [5.74, 6) is 1.72. The first-order valence-corrected chi connectivity index (χ1v) is 6.70. The van der Waals surface area contributed by atoms with Crippen molar-refractivity contribution in [2.75, 3.05) is 18.3 Å². The smallest absolute Gasteiger partial charge is 0.0425 e. The fraction of sp³-hybridized carbons (Fsp3) is 0.538. The molecule has 0 amide bonds. The maximum Gasteiger partial charge on any atom is 0.0425 e. The van der Waals surface area contributed by atoms with Crippen LogP contribution >= 0.6 is 23.2 Å². The van der Waals surface area contributed by atoms with Gasteiger partial charge in [0, 0.05) is 29.8 Å². The average Bonchev–Trinajstić information content (AvgIpc) is 2.30. The number of hydrogen-bond acceptors (Lipinski definition) is 1. The highest BCUT2D eigenvalue weighted by Crippen LogP contribution is 2.34. The van der Waals surface area contributed by atoms with E-state index in [9.17, 15) is 0 Å². The molecule has 0 fully saturated rings. The standard InChI is InChI=1S/C13H17Cl2N/c1-13(8-14,9-15)16-7-11-6-10-4-2-3-5-12(10)11/h2-5,11,16H,6-9H2,1H3. The Hall–Kier alpha value is -0.240. The summed E-state index contributed by atoms with van der Waals surface area (Å²) in [6.45, 7) is 3.03. The summed E-state index contributed by atoms with van der Waals surface area (Å²) in [5.41, 5.74) is 2.81. The van der Waals surface area contributed by atoms with E-state index >= 15 is 0 Å². The molecule has 0 aliphatic heterocycles. The minimum absolute atomic E-state index is 0.145. The first-order chi connectivity index (χ1) is 7.68. The van der Waals surface area contributed by atoms with E-state index in [2.05, 4.69) is 36.5 Å². The van der Waals surface area contributed by atoms with E-state index in [1.54, 1.807) is 0 Å². The van der Waals surface area contributed by atoms with Gasteiger partial charge in [-0.05, 0) is 24.5 Å². The zero-order valence-electron chi connectivity index (χ0n) is 9.47. The summed E-state index contributed by atoms with van der Waals surface area (Å²) in [6, 6.07) is 8.62. The monoisotopic (exact) mass is 257 g/mol. The Morgan fingerprint density at radius 3 is 2.62 bits per heavy atom. The lowest BCUT2D eigenvalue weighted by molar-refractivity contribution is 0.402. The molecule has 0 saturated carbocycles. The predicted molar refractivity (Wildman–Crippen MR) is 70.7 cm³/mol. The highest BCUT2D eigenvalue weighted by atomic mass is 35.5. The summed E-state index contributed by atoms with van der Waals surface area (Å²) in [7, 11) is 0. The van der Waals surface area contributed by atoms with Crippen LogP contribution in [-0.4, -0.2) is 23.8 Å². The molecule has 3 heteroatoms. The number of rotatable bonds is 5. The third-order valence-electron chi connectivity index (χ3n) is 3.33. The van der Waals surface area contributed by atoms with Crippen LogP contribution in [0.4, 0.5) is 0 Å². The second kappa shape index (κ2) is 4.95. The first-order valence-electron chi connectivity index (χ1n) is 5.63. The van der Waals surface area contributed by atoms with Gasteiger partial charge in [-0.25, -0.2) is 0 Å². The molecule has 0 saturated heterocycles. The van der Waals surface area contributed by atoms with Crippen molar-refractivity contribution in [3.8, 4) is 0 Å². The second-order valence-electron chi connectivity index (χ2n) is 4.81. The van der Waals surface area contributed by atoms with Crippen LogP contribution in [0.15, 0.2) is 24.3 Å². The molecule has 1 aromatic carbocycles. The molecule has 0 spiro atoms. The van der Waals surface area contributed by atoms with Gasteiger partial charge in [0.05, 0.1) is 0 Å². The van der Waals surface area contributed by atoms with Crippen molar-refractivity contribution >= 4 is 23.2 Å². The van der Waals surface area contributed by atoms with Crippen LogP contribution in [0.1, 0.15) is 24.0 Å². The second-order valence-corrected chi connectivity index (χ2v) is 5.34. The van der Waals surface area contributed by atoms with E-state index in [4.69, 9.17) is 23.2 Å². The van der Waals surface area contributed by atoms with Crippen LogP contribution in [0.5, 0.6) is 0 Å². The average molecular weight is 258 g/mol. The number of fused-ring (bicyclic) bond motifs is 1. The number of alkyl halides is 2. The number of halogens is 2.